The highest BCUT2D eigenvalue weighted by molar-refractivity contribution is 5.92. The summed E-state index contributed by atoms with van der Waals surface area (Å²) in [5.74, 6) is -0.796. The quantitative estimate of drug-likeness (QED) is 0.658. The Morgan fingerprint density at radius 2 is 2.27 bits per heavy atom. The number of aliphatic carboxylic acids is 1. The zero-order chi connectivity index (χ0) is 10.4. The molecule has 2 heterocycles. The summed E-state index contributed by atoms with van der Waals surface area (Å²) in [6, 6.07) is 5.39. The predicted molar refractivity (Wildman–Crippen MR) is 57.0 cm³/mol. The Morgan fingerprint density at radius 3 is 3.07 bits per heavy atom. The van der Waals surface area contributed by atoms with E-state index in [0.717, 1.165) is 22.2 Å². The van der Waals surface area contributed by atoms with Crippen molar-refractivity contribution < 1.29 is 9.90 Å². The van der Waals surface area contributed by atoms with Crippen molar-refractivity contribution in [1.29, 1.82) is 0 Å². The first-order valence-electron chi connectivity index (χ1n) is 4.84. The number of hydrogen-bond acceptors (Lipinski definition) is 2. The Hall–Kier alpha value is -1.97. The Balaban J connectivity index is 2.15. The second-order valence-corrected chi connectivity index (χ2v) is 3.77. The van der Waals surface area contributed by atoms with Crippen molar-refractivity contribution >= 4 is 22.6 Å². The fraction of sp³-hybridized carbons (Fsp3) is 0.182. The Morgan fingerprint density at radius 1 is 1.40 bits per heavy atom. The van der Waals surface area contributed by atoms with Gasteiger partial charge in [0.15, 0.2) is 0 Å². The summed E-state index contributed by atoms with van der Waals surface area (Å²) in [6.07, 6.45) is 2.43. The highest BCUT2D eigenvalue weighted by atomic mass is 16.4. The molecular formula is C11H10N2O2. The first kappa shape index (κ1) is 8.35. The molecule has 4 heteroatoms. The lowest BCUT2D eigenvalue weighted by Crippen LogP contribution is -2.26. The van der Waals surface area contributed by atoms with Crippen LogP contribution in [0, 0.1) is 0 Å². The average molecular weight is 202 g/mol. The fourth-order valence-corrected chi connectivity index (χ4v) is 2.14. The largest absolute Gasteiger partial charge is 0.480 e. The van der Waals surface area contributed by atoms with Crippen molar-refractivity contribution in [2.75, 3.05) is 5.32 Å². The molecule has 0 bridgehead atoms. The number of hydrogen-bond donors (Lipinski definition) is 3. The molecule has 0 fully saturated rings. The lowest BCUT2D eigenvalue weighted by atomic mass is 10.1. The van der Waals surface area contributed by atoms with Crippen LogP contribution >= 0.6 is 0 Å². The van der Waals surface area contributed by atoms with Crippen LogP contribution in [0.5, 0.6) is 0 Å². The van der Waals surface area contributed by atoms with Crippen LogP contribution in [0.15, 0.2) is 24.4 Å². The lowest BCUT2D eigenvalue weighted by molar-refractivity contribution is -0.137. The number of nitrogens with one attached hydrogen (secondary N) is 2. The summed E-state index contributed by atoms with van der Waals surface area (Å²) in [4.78, 5) is 14.0. The highest BCUT2D eigenvalue weighted by Crippen LogP contribution is 2.32. The number of benzene rings is 1. The van der Waals surface area contributed by atoms with Gasteiger partial charge in [-0.1, -0.05) is 0 Å². The topological polar surface area (TPSA) is 65.1 Å². The molecule has 0 aliphatic carbocycles. The maximum absolute atomic E-state index is 10.9. The second-order valence-electron chi connectivity index (χ2n) is 3.77. The third-order valence-corrected chi connectivity index (χ3v) is 2.88. The van der Waals surface area contributed by atoms with Crippen molar-refractivity contribution in [3.8, 4) is 0 Å². The number of anilines is 1. The summed E-state index contributed by atoms with van der Waals surface area (Å²) in [6.45, 7) is 0. The molecule has 1 atom stereocenters. The normalized spacial score (nSPS) is 18.8. The molecule has 1 aromatic carbocycles. The smallest absolute Gasteiger partial charge is 0.326 e. The number of aromatic nitrogens is 1. The summed E-state index contributed by atoms with van der Waals surface area (Å²) in [7, 11) is 0. The molecule has 0 radical (unpaired) electrons. The van der Waals surface area contributed by atoms with Gasteiger partial charge in [0.1, 0.15) is 6.04 Å². The Labute approximate surface area is 85.9 Å². The van der Waals surface area contributed by atoms with Gasteiger partial charge in [-0.05, 0) is 23.8 Å². The van der Waals surface area contributed by atoms with E-state index < -0.39 is 12.0 Å². The second kappa shape index (κ2) is 2.76. The van der Waals surface area contributed by atoms with Crippen molar-refractivity contribution in [2.45, 2.75) is 12.5 Å². The summed E-state index contributed by atoms with van der Waals surface area (Å²) < 4.78 is 0. The molecule has 15 heavy (non-hydrogen) atoms. The monoisotopic (exact) mass is 202 g/mol. The van der Waals surface area contributed by atoms with Gasteiger partial charge in [0.2, 0.25) is 0 Å². The maximum Gasteiger partial charge on any atom is 0.326 e. The standard InChI is InChI=1S/C11H10N2O2/c14-11(15)10-5-7-6-3-4-12-8(6)1-2-9(7)13-10/h1-4,10,12-13H,5H2,(H,14,15). The van der Waals surface area contributed by atoms with Gasteiger partial charge < -0.3 is 15.4 Å². The number of rotatable bonds is 1. The van der Waals surface area contributed by atoms with E-state index >= 15 is 0 Å². The molecule has 76 valence electrons. The highest BCUT2D eigenvalue weighted by Gasteiger charge is 2.27. The molecule has 3 N–H and O–H groups in total. The van der Waals surface area contributed by atoms with Crippen LogP contribution in [-0.2, 0) is 11.2 Å². The van der Waals surface area contributed by atoms with Crippen LogP contribution in [0.3, 0.4) is 0 Å². The van der Waals surface area contributed by atoms with Gasteiger partial charge in [0, 0.05) is 29.2 Å². The maximum atomic E-state index is 10.9. The predicted octanol–water partition coefficient (Wildman–Crippen LogP) is 1.59. The summed E-state index contributed by atoms with van der Waals surface area (Å²) in [5.41, 5.74) is 3.09. The number of aromatic amines is 1. The zero-order valence-electron chi connectivity index (χ0n) is 7.95. The van der Waals surface area contributed by atoms with Crippen molar-refractivity contribution in [2.24, 2.45) is 0 Å². The number of carboxylic acid groups (broad SMARTS) is 1. The average Bonchev–Trinajstić information content (AvgIpc) is 2.82. The van der Waals surface area contributed by atoms with E-state index in [2.05, 4.69) is 10.3 Å². The van der Waals surface area contributed by atoms with Crippen molar-refractivity contribution in [1.82, 2.24) is 4.98 Å². The molecule has 0 saturated heterocycles. The van der Waals surface area contributed by atoms with E-state index in [0.29, 0.717) is 6.42 Å². The Kier molecular flexibility index (Phi) is 1.54. The fourth-order valence-electron chi connectivity index (χ4n) is 2.14. The summed E-state index contributed by atoms with van der Waals surface area (Å²) >= 11 is 0. The van der Waals surface area contributed by atoms with Gasteiger partial charge in [-0.2, -0.15) is 0 Å². The van der Waals surface area contributed by atoms with Gasteiger partial charge in [0.05, 0.1) is 0 Å². The van der Waals surface area contributed by atoms with Gasteiger partial charge in [-0.25, -0.2) is 4.79 Å². The molecule has 1 aromatic heterocycles. The number of carbonyl (C=O) groups is 1. The summed E-state index contributed by atoms with van der Waals surface area (Å²) in [5, 5.41) is 13.1. The third-order valence-electron chi connectivity index (χ3n) is 2.88. The van der Waals surface area contributed by atoms with Crippen molar-refractivity contribution in [3.05, 3.63) is 30.0 Å². The molecule has 1 aliphatic heterocycles. The molecule has 2 aromatic rings. The zero-order valence-corrected chi connectivity index (χ0v) is 7.95. The third kappa shape index (κ3) is 1.11. The van der Waals surface area contributed by atoms with Crippen molar-refractivity contribution in [3.63, 3.8) is 0 Å². The first-order chi connectivity index (χ1) is 7.25. The van der Waals surface area contributed by atoms with Crippen LogP contribution in [-0.4, -0.2) is 22.1 Å². The van der Waals surface area contributed by atoms with Crippen LogP contribution in [0.2, 0.25) is 0 Å². The van der Waals surface area contributed by atoms with Gasteiger partial charge in [0.25, 0.3) is 0 Å². The van der Waals surface area contributed by atoms with Crippen LogP contribution in [0.4, 0.5) is 5.69 Å². The van der Waals surface area contributed by atoms with E-state index in [-0.39, 0.29) is 0 Å². The first-order valence-corrected chi connectivity index (χ1v) is 4.84. The lowest BCUT2D eigenvalue weighted by Gasteiger charge is -2.03. The van der Waals surface area contributed by atoms with Crippen LogP contribution < -0.4 is 5.32 Å². The molecule has 3 rings (SSSR count). The molecule has 4 nitrogen and oxygen atoms in total. The minimum absolute atomic E-state index is 0.486. The number of carboxylic acids is 1. The van der Waals surface area contributed by atoms with Crippen LogP contribution in [0.25, 0.3) is 10.9 Å². The molecule has 1 aliphatic rings. The molecule has 1 unspecified atom stereocenters. The molecular weight excluding hydrogens is 192 g/mol. The molecule has 0 amide bonds. The van der Waals surface area contributed by atoms with Gasteiger partial charge in [-0.3, -0.25) is 0 Å². The molecule has 0 saturated carbocycles. The molecule has 0 spiro atoms. The minimum atomic E-state index is -0.796. The van der Waals surface area contributed by atoms with Gasteiger partial charge in [-0.15, -0.1) is 0 Å². The minimum Gasteiger partial charge on any atom is -0.480 e. The SMILES string of the molecule is O=C(O)C1Cc2c(ccc3[nH]ccc23)N1. The van der Waals surface area contributed by atoms with Gasteiger partial charge >= 0.3 is 5.97 Å². The van der Waals surface area contributed by atoms with Crippen LogP contribution in [0.1, 0.15) is 5.56 Å². The van der Waals surface area contributed by atoms with E-state index in [1.54, 1.807) is 0 Å². The number of fused-ring (bicyclic) bond motifs is 3. The Bertz CT molecular complexity index is 545. The van der Waals surface area contributed by atoms with E-state index in [9.17, 15) is 4.79 Å². The van der Waals surface area contributed by atoms with E-state index in [1.165, 1.54) is 0 Å². The van der Waals surface area contributed by atoms with E-state index in [1.807, 2.05) is 24.4 Å². The number of H-pyrrole nitrogens is 1. The van der Waals surface area contributed by atoms with E-state index in [4.69, 9.17) is 5.11 Å².